The lowest BCUT2D eigenvalue weighted by Crippen LogP contribution is -2.37. The molecule has 3 rings (SSSR count). The van der Waals surface area contributed by atoms with Crippen molar-refractivity contribution in [1.82, 2.24) is 25.4 Å². The average molecular weight is 428 g/mol. The van der Waals surface area contributed by atoms with Crippen molar-refractivity contribution < 1.29 is 5.11 Å². The molecule has 1 aromatic carbocycles. The minimum atomic E-state index is -0.640. The molecule has 2 aromatic rings. The highest BCUT2D eigenvalue weighted by molar-refractivity contribution is 5.15. The second-order valence-corrected chi connectivity index (χ2v) is 8.89. The Labute approximate surface area is 185 Å². The van der Waals surface area contributed by atoms with Crippen molar-refractivity contribution in [2.24, 2.45) is 11.8 Å². The fourth-order valence-electron chi connectivity index (χ4n) is 4.47. The molecule has 1 aliphatic rings. The van der Waals surface area contributed by atoms with Crippen LogP contribution < -0.4 is 10.9 Å². The Morgan fingerprint density at radius 2 is 2.00 bits per heavy atom. The topological polar surface area (TPSA) is 94.1 Å². The number of aliphatic hydroxyl groups excluding tert-OH is 1. The van der Waals surface area contributed by atoms with Gasteiger partial charge in [-0.25, -0.2) is 0 Å². The third kappa shape index (κ3) is 6.45. The number of benzene rings is 1. The Hall–Kier alpha value is -2.09. The Morgan fingerprint density at radius 1 is 1.23 bits per heavy atom. The van der Waals surface area contributed by atoms with Crippen LogP contribution in [-0.4, -0.2) is 44.5 Å². The van der Waals surface area contributed by atoms with Crippen molar-refractivity contribution in [2.45, 2.75) is 71.7 Å². The average Bonchev–Trinajstić information content (AvgIpc) is 3.14. The number of aromatic nitrogens is 3. The molecule has 0 aliphatic carbocycles. The molecule has 2 heterocycles. The van der Waals surface area contributed by atoms with Gasteiger partial charge < -0.3 is 10.1 Å². The summed E-state index contributed by atoms with van der Waals surface area (Å²) in [4.78, 5) is 18.0. The monoisotopic (exact) mass is 427 g/mol. The van der Waals surface area contributed by atoms with Gasteiger partial charge in [-0.05, 0) is 30.2 Å². The van der Waals surface area contributed by atoms with E-state index in [2.05, 4.69) is 70.4 Å². The summed E-state index contributed by atoms with van der Waals surface area (Å²) in [7, 11) is 0. The number of rotatable bonds is 11. The smallest absolute Gasteiger partial charge is 0.274 e. The standard InChI is InChI=1S/C24H37N5O2/c1-4-6-12-19(5-2)23(30)25-13-21-24(31)26-22(28-27-21)20-16-29(14-17(20)3)15-18-10-8-7-9-11-18/h7-11,17,19-20,23,25,30H,4-6,12-16H2,1-3H3,(H,26,28,31). The van der Waals surface area contributed by atoms with Gasteiger partial charge in [-0.3, -0.25) is 15.0 Å². The van der Waals surface area contributed by atoms with Crippen molar-refractivity contribution in [3.05, 3.63) is 57.8 Å². The van der Waals surface area contributed by atoms with Crippen LogP contribution in [0.4, 0.5) is 0 Å². The van der Waals surface area contributed by atoms with E-state index in [1.165, 1.54) is 5.56 Å². The number of likely N-dealkylation sites (tertiary alicyclic amines) is 1. The summed E-state index contributed by atoms with van der Waals surface area (Å²) < 4.78 is 0. The van der Waals surface area contributed by atoms with Gasteiger partial charge in [0.1, 0.15) is 17.7 Å². The summed E-state index contributed by atoms with van der Waals surface area (Å²) in [6.45, 7) is 9.36. The minimum Gasteiger partial charge on any atom is -0.378 e. The lowest BCUT2D eigenvalue weighted by molar-refractivity contribution is 0.0646. The molecule has 4 unspecified atom stereocenters. The van der Waals surface area contributed by atoms with Gasteiger partial charge >= 0.3 is 0 Å². The lowest BCUT2D eigenvalue weighted by atomic mass is 9.97. The Bertz CT molecular complexity index is 857. The Balaban J connectivity index is 1.58. The normalized spacial score (nSPS) is 21.3. The maximum Gasteiger partial charge on any atom is 0.274 e. The molecule has 0 radical (unpaired) electrons. The van der Waals surface area contributed by atoms with E-state index in [-0.39, 0.29) is 23.9 Å². The SMILES string of the molecule is CCCCC(CC)C(O)NCc1nnc(C2CN(Cc3ccccc3)CC2C)[nH]c1=O. The van der Waals surface area contributed by atoms with Crippen LogP contribution in [0.1, 0.15) is 69.5 Å². The quantitative estimate of drug-likeness (QED) is 0.477. The Morgan fingerprint density at radius 3 is 2.68 bits per heavy atom. The van der Waals surface area contributed by atoms with Crippen molar-refractivity contribution in [2.75, 3.05) is 13.1 Å². The van der Waals surface area contributed by atoms with E-state index in [0.717, 1.165) is 45.3 Å². The number of aromatic amines is 1. The lowest BCUT2D eigenvalue weighted by Gasteiger charge is -2.22. The van der Waals surface area contributed by atoms with E-state index in [9.17, 15) is 9.90 Å². The third-order valence-corrected chi connectivity index (χ3v) is 6.45. The van der Waals surface area contributed by atoms with Crippen molar-refractivity contribution >= 4 is 0 Å². The number of nitrogens with one attached hydrogen (secondary N) is 2. The van der Waals surface area contributed by atoms with Crippen LogP contribution in [0.5, 0.6) is 0 Å². The first-order valence-corrected chi connectivity index (χ1v) is 11.6. The van der Waals surface area contributed by atoms with Crippen molar-refractivity contribution in [1.29, 1.82) is 0 Å². The summed E-state index contributed by atoms with van der Waals surface area (Å²) in [6, 6.07) is 10.4. The number of H-pyrrole nitrogens is 1. The summed E-state index contributed by atoms with van der Waals surface area (Å²) >= 11 is 0. The van der Waals surface area contributed by atoms with Crippen LogP contribution >= 0.6 is 0 Å². The number of unbranched alkanes of at least 4 members (excludes halogenated alkanes) is 1. The molecule has 1 aromatic heterocycles. The second-order valence-electron chi connectivity index (χ2n) is 8.89. The van der Waals surface area contributed by atoms with E-state index < -0.39 is 6.23 Å². The zero-order valence-electron chi connectivity index (χ0n) is 19.1. The summed E-state index contributed by atoms with van der Waals surface area (Å²) in [6.07, 6.45) is 3.43. The molecule has 7 heteroatoms. The van der Waals surface area contributed by atoms with Crippen LogP contribution in [0.2, 0.25) is 0 Å². The number of hydrogen-bond acceptors (Lipinski definition) is 6. The van der Waals surface area contributed by atoms with Gasteiger partial charge in [0.2, 0.25) is 0 Å². The molecule has 170 valence electrons. The molecular formula is C24H37N5O2. The highest BCUT2D eigenvalue weighted by atomic mass is 16.3. The molecule has 0 amide bonds. The molecule has 0 bridgehead atoms. The van der Waals surface area contributed by atoms with Gasteiger partial charge in [0, 0.05) is 32.1 Å². The van der Waals surface area contributed by atoms with Crippen LogP contribution in [0.3, 0.4) is 0 Å². The molecule has 31 heavy (non-hydrogen) atoms. The van der Waals surface area contributed by atoms with Gasteiger partial charge in [0.05, 0.1) is 0 Å². The molecule has 0 spiro atoms. The van der Waals surface area contributed by atoms with Gasteiger partial charge in [-0.2, -0.15) is 0 Å². The fourth-order valence-corrected chi connectivity index (χ4v) is 4.47. The maximum absolute atomic E-state index is 12.6. The van der Waals surface area contributed by atoms with Crippen LogP contribution in [-0.2, 0) is 13.1 Å². The first-order valence-electron chi connectivity index (χ1n) is 11.6. The highest BCUT2D eigenvalue weighted by Crippen LogP contribution is 2.30. The largest absolute Gasteiger partial charge is 0.378 e. The van der Waals surface area contributed by atoms with Gasteiger partial charge in [0.25, 0.3) is 5.56 Å². The molecule has 1 saturated heterocycles. The number of aliphatic hydroxyl groups is 1. The predicted molar refractivity (Wildman–Crippen MR) is 122 cm³/mol. The summed E-state index contributed by atoms with van der Waals surface area (Å²) in [5.74, 6) is 1.39. The van der Waals surface area contributed by atoms with Crippen LogP contribution in [0.25, 0.3) is 0 Å². The first-order chi connectivity index (χ1) is 15.0. The molecule has 7 nitrogen and oxygen atoms in total. The zero-order chi connectivity index (χ0) is 22.2. The highest BCUT2D eigenvalue weighted by Gasteiger charge is 2.33. The molecule has 3 N–H and O–H groups in total. The van der Waals surface area contributed by atoms with E-state index in [1.807, 2.05) is 6.07 Å². The molecule has 1 fully saturated rings. The van der Waals surface area contributed by atoms with Gasteiger partial charge in [0.15, 0.2) is 0 Å². The molecule has 4 atom stereocenters. The minimum absolute atomic E-state index is 0.162. The zero-order valence-corrected chi connectivity index (χ0v) is 19.1. The van der Waals surface area contributed by atoms with Crippen molar-refractivity contribution in [3.63, 3.8) is 0 Å². The first kappa shape index (κ1) is 23.6. The van der Waals surface area contributed by atoms with Crippen LogP contribution in [0.15, 0.2) is 35.1 Å². The Kier molecular flexibility index (Phi) is 8.75. The van der Waals surface area contributed by atoms with Gasteiger partial charge in [-0.1, -0.05) is 63.9 Å². The fraction of sp³-hybridized carbons (Fsp3) is 0.625. The number of nitrogens with zero attached hydrogens (tertiary/aromatic N) is 3. The van der Waals surface area contributed by atoms with E-state index >= 15 is 0 Å². The molecular weight excluding hydrogens is 390 g/mol. The molecule has 0 saturated carbocycles. The number of hydrogen-bond donors (Lipinski definition) is 3. The predicted octanol–water partition coefficient (Wildman–Crippen LogP) is 3.02. The summed E-state index contributed by atoms with van der Waals surface area (Å²) in [5, 5.41) is 22.0. The summed E-state index contributed by atoms with van der Waals surface area (Å²) in [5.41, 5.74) is 1.39. The van der Waals surface area contributed by atoms with Gasteiger partial charge in [-0.15, -0.1) is 10.2 Å². The van der Waals surface area contributed by atoms with E-state index in [4.69, 9.17) is 0 Å². The van der Waals surface area contributed by atoms with E-state index in [1.54, 1.807) is 0 Å². The third-order valence-electron chi connectivity index (χ3n) is 6.45. The van der Waals surface area contributed by atoms with E-state index in [0.29, 0.717) is 17.4 Å². The molecule has 1 aliphatic heterocycles. The second kappa shape index (κ2) is 11.5. The van der Waals surface area contributed by atoms with Crippen molar-refractivity contribution in [3.8, 4) is 0 Å². The van der Waals surface area contributed by atoms with Crippen LogP contribution in [0, 0.1) is 11.8 Å². The maximum atomic E-state index is 12.6.